The van der Waals surface area contributed by atoms with Crippen LogP contribution in [0.4, 0.5) is 35.3 Å². The van der Waals surface area contributed by atoms with E-state index in [0.29, 0.717) is 31.9 Å². The predicted molar refractivity (Wildman–Crippen MR) is 115 cm³/mol. The number of amides is 2. The number of hydrogen-bond donors (Lipinski definition) is 1. The van der Waals surface area contributed by atoms with E-state index in [4.69, 9.17) is 0 Å². The standard InChI is InChI=1S/C20H23F3N6OS/c21-20(22,23)31-16-5-3-15(4-6-16)24-19(30)29-13-11-28(12-14-29)18-8-7-17(25-26-18)27-9-1-2-10-27/h3-8H,1-2,9-14H2,(H,24,30). The molecule has 11 heteroatoms. The maximum absolute atomic E-state index is 12.5. The molecule has 2 amide bonds. The van der Waals surface area contributed by atoms with Crippen molar-refractivity contribution in [2.45, 2.75) is 23.2 Å². The van der Waals surface area contributed by atoms with Gasteiger partial charge in [-0.05, 0) is 61.0 Å². The van der Waals surface area contributed by atoms with Gasteiger partial charge in [-0.1, -0.05) is 0 Å². The monoisotopic (exact) mass is 452 g/mol. The van der Waals surface area contributed by atoms with Gasteiger partial charge >= 0.3 is 11.5 Å². The Balaban J connectivity index is 1.27. The van der Waals surface area contributed by atoms with Crippen LogP contribution < -0.4 is 15.1 Å². The zero-order valence-corrected chi connectivity index (χ0v) is 17.6. The predicted octanol–water partition coefficient (Wildman–Crippen LogP) is 4.04. The van der Waals surface area contributed by atoms with E-state index in [1.807, 2.05) is 12.1 Å². The first kappa shape index (κ1) is 21.5. The molecule has 2 aliphatic heterocycles. The van der Waals surface area contributed by atoms with Gasteiger partial charge in [0.1, 0.15) is 0 Å². The van der Waals surface area contributed by atoms with Gasteiger partial charge in [0.25, 0.3) is 0 Å². The average molecular weight is 453 g/mol. The van der Waals surface area contributed by atoms with E-state index < -0.39 is 5.51 Å². The lowest BCUT2D eigenvalue weighted by Gasteiger charge is -2.35. The van der Waals surface area contributed by atoms with Crippen molar-refractivity contribution < 1.29 is 18.0 Å². The fourth-order valence-corrected chi connectivity index (χ4v) is 4.22. The number of anilines is 3. The van der Waals surface area contributed by atoms with E-state index in [0.717, 1.165) is 24.7 Å². The Morgan fingerprint density at radius 3 is 1.90 bits per heavy atom. The lowest BCUT2D eigenvalue weighted by molar-refractivity contribution is -0.0328. The molecule has 166 valence electrons. The van der Waals surface area contributed by atoms with Crippen molar-refractivity contribution >= 4 is 35.1 Å². The van der Waals surface area contributed by atoms with Crippen LogP contribution in [0.5, 0.6) is 0 Å². The molecular formula is C20H23F3N6OS. The van der Waals surface area contributed by atoms with Gasteiger partial charge in [-0.25, -0.2) is 4.79 Å². The van der Waals surface area contributed by atoms with Crippen LogP contribution in [0.1, 0.15) is 12.8 Å². The number of piperazine rings is 1. The number of alkyl halides is 3. The first-order chi connectivity index (χ1) is 14.9. The highest BCUT2D eigenvalue weighted by atomic mass is 32.2. The molecule has 0 spiro atoms. The molecular weight excluding hydrogens is 429 g/mol. The fraction of sp³-hybridized carbons (Fsp3) is 0.450. The Morgan fingerprint density at radius 1 is 0.839 bits per heavy atom. The first-order valence-electron chi connectivity index (χ1n) is 10.1. The lowest BCUT2D eigenvalue weighted by atomic mass is 10.3. The minimum Gasteiger partial charge on any atom is -0.355 e. The molecule has 2 aromatic rings. The minimum atomic E-state index is -4.33. The topological polar surface area (TPSA) is 64.6 Å². The minimum absolute atomic E-state index is 0.0796. The van der Waals surface area contributed by atoms with Gasteiger partial charge in [0.2, 0.25) is 0 Å². The van der Waals surface area contributed by atoms with E-state index >= 15 is 0 Å². The maximum Gasteiger partial charge on any atom is 0.446 e. The molecule has 1 aromatic heterocycles. The van der Waals surface area contributed by atoms with Crippen molar-refractivity contribution in [2.24, 2.45) is 0 Å². The second-order valence-corrected chi connectivity index (χ2v) is 8.56. The normalized spacial score (nSPS) is 17.2. The number of nitrogens with one attached hydrogen (secondary N) is 1. The summed E-state index contributed by atoms with van der Waals surface area (Å²) in [6, 6.07) is 9.32. The molecule has 7 nitrogen and oxygen atoms in total. The Morgan fingerprint density at radius 2 is 1.39 bits per heavy atom. The Bertz CT molecular complexity index is 879. The van der Waals surface area contributed by atoms with Crippen molar-refractivity contribution in [3.63, 3.8) is 0 Å². The summed E-state index contributed by atoms with van der Waals surface area (Å²) in [5, 5.41) is 11.4. The summed E-state index contributed by atoms with van der Waals surface area (Å²) in [7, 11) is 0. The van der Waals surface area contributed by atoms with Crippen molar-refractivity contribution in [3.05, 3.63) is 36.4 Å². The summed E-state index contributed by atoms with van der Waals surface area (Å²) in [5.41, 5.74) is -3.87. The molecule has 3 heterocycles. The van der Waals surface area contributed by atoms with Gasteiger partial charge in [0, 0.05) is 49.9 Å². The summed E-state index contributed by atoms with van der Waals surface area (Å²) >= 11 is -0.180. The van der Waals surface area contributed by atoms with Gasteiger partial charge in [-0.3, -0.25) is 0 Å². The van der Waals surface area contributed by atoms with Crippen molar-refractivity contribution in [2.75, 3.05) is 54.4 Å². The molecule has 31 heavy (non-hydrogen) atoms. The van der Waals surface area contributed by atoms with E-state index in [1.54, 1.807) is 4.90 Å². The highest BCUT2D eigenvalue weighted by Gasteiger charge is 2.29. The average Bonchev–Trinajstić information content (AvgIpc) is 3.29. The van der Waals surface area contributed by atoms with Crippen LogP contribution in [0.3, 0.4) is 0 Å². The zero-order valence-electron chi connectivity index (χ0n) is 16.8. The van der Waals surface area contributed by atoms with Gasteiger partial charge < -0.3 is 20.0 Å². The molecule has 0 aliphatic carbocycles. The summed E-state index contributed by atoms with van der Waals surface area (Å²) in [5.74, 6) is 1.69. The summed E-state index contributed by atoms with van der Waals surface area (Å²) in [6.07, 6.45) is 2.37. The Hall–Kier alpha value is -2.69. The number of urea groups is 1. The van der Waals surface area contributed by atoms with Crippen LogP contribution in [-0.2, 0) is 0 Å². The molecule has 1 aromatic carbocycles. The second-order valence-electron chi connectivity index (χ2n) is 7.42. The molecule has 2 saturated heterocycles. The highest BCUT2D eigenvalue weighted by molar-refractivity contribution is 8.00. The third-order valence-electron chi connectivity index (χ3n) is 5.30. The molecule has 1 N–H and O–H groups in total. The van der Waals surface area contributed by atoms with E-state index in [-0.39, 0.29) is 22.7 Å². The Labute approximate surface area is 182 Å². The van der Waals surface area contributed by atoms with Gasteiger partial charge in [-0.15, -0.1) is 10.2 Å². The summed E-state index contributed by atoms with van der Waals surface area (Å²) in [6.45, 7) is 4.34. The summed E-state index contributed by atoms with van der Waals surface area (Å²) in [4.78, 5) is 18.6. The molecule has 4 rings (SSSR count). The largest absolute Gasteiger partial charge is 0.446 e. The third-order valence-corrected chi connectivity index (χ3v) is 6.04. The quantitative estimate of drug-likeness (QED) is 0.707. The summed E-state index contributed by atoms with van der Waals surface area (Å²) < 4.78 is 37.2. The smallest absolute Gasteiger partial charge is 0.355 e. The zero-order chi connectivity index (χ0) is 21.8. The van der Waals surface area contributed by atoms with E-state index in [1.165, 1.54) is 37.1 Å². The molecule has 0 saturated carbocycles. The number of rotatable bonds is 4. The number of nitrogens with zero attached hydrogens (tertiary/aromatic N) is 5. The van der Waals surface area contributed by atoms with E-state index in [2.05, 4.69) is 25.3 Å². The highest BCUT2D eigenvalue weighted by Crippen LogP contribution is 2.37. The second kappa shape index (κ2) is 9.21. The molecule has 2 fully saturated rings. The molecule has 0 atom stereocenters. The van der Waals surface area contributed by atoms with Gasteiger partial charge in [0.05, 0.1) is 0 Å². The van der Waals surface area contributed by atoms with Crippen molar-refractivity contribution in [3.8, 4) is 0 Å². The molecule has 2 aliphatic rings. The lowest BCUT2D eigenvalue weighted by Crippen LogP contribution is -2.50. The van der Waals surface area contributed by atoms with Gasteiger partial charge in [-0.2, -0.15) is 13.2 Å². The number of hydrogen-bond acceptors (Lipinski definition) is 6. The number of aromatic nitrogens is 2. The van der Waals surface area contributed by atoms with Crippen LogP contribution in [-0.4, -0.2) is 65.9 Å². The van der Waals surface area contributed by atoms with Crippen molar-refractivity contribution in [1.29, 1.82) is 0 Å². The van der Waals surface area contributed by atoms with E-state index in [9.17, 15) is 18.0 Å². The Kier molecular flexibility index (Phi) is 6.40. The third kappa shape index (κ3) is 5.72. The van der Waals surface area contributed by atoms with Crippen LogP contribution in [0, 0.1) is 0 Å². The van der Waals surface area contributed by atoms with Crippen molar-refractivity contribution in [1.82, 2.24) is 15.1 Å². The first-order valence-corrected chi connectivity index (χ1v) is 10.9. The molecule has 0 unspecified atom stereocenters. The SMILES string of the molecule is O=C(Nc1ccc(SC(F)(F)F)cc1)N1CCN(c2ccc(N3CCCC3)nn2)CC1. The maximum atomic E-state index is 12.5. The number of carbonyl (C=O) groups is 1. The van der Waals surface area contributed by atoms with Crippen LogP contribution in [0.15, 0.2) is 41.3 Å². The van der Waals surface area contributed by atoms with Crippen LogP contribution >= 0.6 is 11.8 Å². The fourth-order valence-electron chi connectivity index (χ4n) is 3.68. The van der Waals surface area contributed by atoms with Crippen LogP contribution in [0.25, 0.3) is 0 Å². The molecule has 0 bridgehead atoms. The number of benzene rings is 1. The number of carbonyl (C=O) groups excluding carboxylic acids is 1. The van der Waals surface area contributed by atoms with Gasteiger partial charge in [0.15, 0.2) is 11.6 Å². The molecule has 0 radical (unpaired) electrons. The number of thioether (sulfide) groups is 1. The number of halogens is 3. The van der Waals surface area contributed by atoms with Crippen LogP contribution in [0.2, 0.25) is 0 Å².